The van der Waals surface area contributed by atoms with Crippen molar-refractivity contribution in [3.05, 3.63) is 75.9 Å². The third kappa shape index (κ3) is 4.92. The van der Waals surface area contributed by atoms with Crippen LogP contribution < -0.4 is 10.7 Å². The molecule has 0 aliphatic rings. The predicted molar refractivity (Wildman–Crippen MR) is 111 cm³/mol. The summed E-state index contributed by atoms with van der Waals surface area (Å²) in [7, 11) is 0. The van der Waals surface area contributed by atoms with Gasteiger partial charge in [-0.2, -0.15) is 5.10 Å². The zero-order chi connectivity index (χ0) is 20.1. The van der Waals surface area contributed by atoms with E-state index in [4.69, 9.17) is 11.6 Å². The number of nitrogens with zero attached hydrogens (tertiary/aromatic N) is 2. The minimum atomic E-state index is -0.447. The van der Waals surface area contributed by atoms with E-state index >= 15 is 0 Å². The number of amides is 2. The van der Waals surface area contributed by atoms with Crippen molar-refractivity contribution in [2.24, 2.45) is 5.10 Å². The number of rotatable bonds is 5. The van der Waals surface area contributed by atoms with E-state index in [1.165, 1.54) is 6.21 Å². The van der Waals surface area contributed by atoms with Gasteiger partial charge in [-0.3, -0.25) is 9.59 Å². The Balaban J connectivity index is 1.57. The van der Waals surface area contributed by atoms with Crippen molar-refractivity contribution in [3.8, 4) is 0 Å². The summed E-state index contributed by atoms with van der Waals surface area (Å²) in [5, 5.41) is 7.66. The maximum Gasteiger partial charge on any atom is 0.259 e. The fraction of sp³-hybridized carbons (Fsp3) is 0.143. The van der Waals surface area contributed by atoms with Crippen molar-refractivity contribution in [2.75, 3.05) is 6.54 Å². The van der Waals surface area contributed by atoms with Crippen LogP contribution in [0.4, 0.5) is 0 Å². The van der Waals surface area contributed by atoms with Crippen LogP contribution in [0.2, 0.25) is 5.15 Å². The maximum absolute atomic E-state index is 12.0. The molecule has 1 aromatic heterocycles. The molecule has 3 aromatic rings. The monoisotopic (exact) mass is 394 g/mol. The molecule has 3 rings (SSSR count). The number of hydrogen-bond donors (Lipinski definition) is 2. The van der Waals surface area contributed by atoms with E-state index in [0.29, 0.717) is 16.3 Å². The number of hydrogen-bond acceptors (Lipinski definition) is 4. The van der Waals surface area contributed by atoms with E-state index in [0.717, 1.165) is 22.0 Å². The first-order valence-corrected chi connectivity index (χ1v) is 9.04. The number of nitrogens with one attached hydrogen (secondary N) is 2. The Bertz CT molecular complexity index is 1080. The highest BCUT2D eigenvalue weighted by Crippen LogP contribution is 2.20. The van der Waals surface area contributed by atoms with Crippen LogP contribution >= 0.6 is 11.6 Å². The summed E-state index contributed by atoms with van der Waals surface area (Å²) >= 11 is 6.18. The average molecular weight is 395 g/mol. The molecule has 2 N–H and O–H groups in total. The molecule has 1 heterocycles. The van der Waals surface area contributed by atoms with Gasteiger partial charge in [-0.25, -0.2) is 10.4 Å². The zero-order valence-electron chi connectivity index (χ0n) is 15.5. The van der Waals surface area contributed by atoms with Gasteiger partial charge in [-0.05, 0) is 43.7 Å². The van der Waals surface area contributed by atoms with Gasteiger partial charge in [-0.1, -0.05) is 41.4 Å². The first-order valence-electron chi connectivity index (χ1n) is 8.66. The molecule has 142 valence electrons. The molecule has 0 aliphatic heterocycles. The summed E-state index contributed by atoms with van der Waals surface area (Å²) in [6, 6.07) is 14.8. The standard InChI is InChI=1S/C21H19ClN4O2/c1-13-4-3-5-16(8-13)21(28)23-12-19(27)26-24-11-17-10-15-7-6-14(2)9-18(15)25-20(17)22/h3-11H,12H2,1-2H3,(H,23,28)(H,26,27). The van der Waals surface area contributed by atoms with Crippen molar-refractivity contribution in [3.63, 3.8) is 0 Å². The van der Waals surface area contributed by atoms with Crippen molar-refractivity contribution in [1.82, 2.24) is 15.7 Å². The second-order valence-electron chi connectivity index (χ2n) is 6.41. The molecule has 0 saturated heterocycles. The molecule has 0 aliphatic carbocycles. The Labute approximate surface area is 167 Å². The lowest BCUT2D eigenvalue weighted by Crippen LogP contribution is -2.34. The van der Waals surface area contributed by atoms with Gasteiger partial charge in [0.05, 0.1) is 18.3 Å². The Morgan fingerprint density at radius 2 is 1.89 bits per heavy atom. The Morgan fingerprint density at radius 3 is 2.68 bits per heavy atom. The van der Waals surface area contributed by atoms with Gasteiger partial charge < -0.3 is 5.32 Å². The van der Waals surface area contributed by atoms with Crippen LogP contribution in [0.1, 0.15) is 27.0 Å². The molecule has 0 bridgehead atoms. The number of benzene rings is 2. The first kappa shape index (κ1) is 19.5. The molecule has 0 spiro atoms. The summed E-state index contributed by atoms with van der Waals surface area (Å²) in [6.45, 7) is 3.69. The number of aromatic nitrogens is 1. The quantitative estimate of drug-likeness (QED) is 0.395. The van der Waals surface area contributed by atoms with E-state index in [1.807, 2.05) is 44.2 Å². The highest BCUT2D eigenvalue weighted by molar-refractivity contribution is 6.32. The first-order chi connectivity index (χ1) is 13.4. The summed E-state index contributed by atoms with van der Waals surface area (Å²) in [5.41, 5.74) is 6.31. The van der Waals surface area contributed by atoms with Crippen LogP contribution in [0.3, 0.4) is 0 Å². The number of fused-ring (bicyclic) bond motifs is 1. The SMILES string of the molecule is Cc1cccc(C(=O)NCC(=O)NN=Cc2cc3ccc(C)cc3nc2Cl)c1. The molecule has 0 unspecified atom stereocenters. The van der Waals surface area contributed by atoms with Crippen molar-refractivity contribution >= 4 is 40.5 Å². The lowest BCUT2D eigenvalue weighted by molar-refractivity contribution is -0.120. The fourth-order valence-electron chi connectivity index (χ4n) is 2.62. The van der Waals surface area contributed by atoms with E-state index in [9.17, 15) is 9.59 Å². The van der Waals surface area contributed by atoms with Gasteiger partial charge in [-0.15, -0.1) is 0 Å². The summed E-state index contributed by atoms with van der Waals surface area (Å²) in [4.78, 5) is 28.3. The number of pyridine rings is 1. The van der Waals surface area contributed by atoms with Gasteiger partial charge >= 0.3 is 0 Å². The van der Waals surface area contributed by atoms with E-state index in [2.05, 4.69) is 20.8 Å². The highest BCUT2D eigenvalue weighted by Gasteiger charge is 2.08. The molecule has 6 nitrogen and oxygen atoms in total. The van der Waals surface area contributed by atoms with Gasteiger partial charge in [0.2, 0.25) is 0 Å². The number of carbonyl (C=O) groups is 2. The maximum atomic E-state index is 12.0. The second kappa shape index (κ2) is 8.63. The fourth-order valence-corrected chi connectivity index (χ4v) is 2.82. The largest absolute Gasteiger partial charge is 0.343 e. The molecule has 28 heavy (non-hydrogen) atoms. The number of hydrazone groups is 1. The smallest absolute Gasteiger partial charge is 0.259 e. The Morgan fingerprint density at radius 1 is 1.11 bits per heavy atom. The molecule has 7 heteroatoms. The van der Waals surface area contributed by atoms with Crippen molar-refractivity contribution in [1.29, 1.82) is 0 Å². The van der Waals surface area contributed by atoms with Crippen LogP contribution in [0.15, 0.2) is 53.6 Å². The van der Waals surface area contributed by atoms with Crippen LogP contribution in [0.25, 0.3) is 10.9 Å². The second-order valence-corrected chi connectivity index (χ2v) is 6.77. The Kier molecular flexibility index (Phi) is 6.01. The number of carbonyl (C=O) groups excluding carboxylic acids is 2. The van der Waals surface area contributed by atoms with Crippen molar-refractivity contribution < 1.29 is 9.59 Å². The molecule has 0 saturated carbocycles. The van der Waals surface area contributed by atoms with Gasteiger partial charge in [0.1, 0.15) is 5.15 Å². The van der Waals surface area contributed by atoms with Gasteiger partial charge in [0, 0.05) is 16.5 Å². The highest BCUT2D eigenvalue weighted by atomic mass is 35.5. The summed E-state index contributed by atoms with van der Waals surface area (Å²) in [5.74, 6) is -0.766. The minimum Gasteiger partial charge on any atom is -0.343 e. The van der Waals surface area contributed by atoms with Gasteiger partial charge in [0.15, 0.2) is 0 Å². The third-order valence-electron chi connectivity index (χ3n) is 4.04. The summed E-state index contributed by atoms with van der Waals surface area (Å²) in [6.07, 6.45) is 1.43. The van der Waals surface area contributed by atoms with Crippen LogP contribution in [0.5, 0.6) is 0 Å². The van der Waals surface area contributed by atoms with Crippen LogP contribution in [-0.2, 0) is 4.79 Å². The topological polar surface area (TPSA) is 83.5 Å². The number of aryl methyl sites for hydroxylation is 2. The predicted octanol–water partition coefficient (Wildman–Crippen LogP) is 3.39. The molecule has 0 radical (unpaired) electrons. The normalized spacial score (nSPS) is 11.0. The van der Waals surface area contributed by atoms with Crippen molar-refractivity contribution in [2.45, 2.75) is 13.8 Å². The molecular weight excluding hydrogens is 376 g/mol. The lowest BCUT2D eigenvalue weighted by atomic mass is 10.1. The molecule has 0 fully saturated rings. The molecule has 2 amide bonds. The number of halogens is 1. The van der Waals surface area contributed by atoms with E-state index < -0.39 is 5.91 Å². The molecule has 2 aromatic carbocycles. The summed E-state index contributed by atoms with van der Waals surface area (Å²) < 4.78 is 0. The van der Waals surface area contributed by atoms with Crippen LogP contribution in [0, 0.1) is 13.8 Å². The molecular formula is C21H19ClN4O2. The third-order valence-corrected chi connectivity index (χ3v) is 4.34. The Hall–Kier alpha value is -3.25. The van der Waals surface area contributed by atoms with Gasteiger partial charge in [0.25, 0.3) is 11.8 Å². The zero-order valence-corrected chi connectivity index (χ0v) is 16.2. The van der Waals surface area contributed by atoms with E-state index in [-0.39, 0.29) is 12.5 Å². The van der Waals surface area contributed by atoms with E-state index in [1.54, 1.807) is 18.2 Å². The molecule has 0 atom stereocenters. The lowest BCUT2D eigenvalue weighted by Gasteiger charge is -2.05. The average Bonchev–Trinajstić information content (AvgIpc) is 2.66. The minimum absolute atomic E-state index is 0.187. The van der Waals surface area contributed by atoms with Crippen LogP contribution in [-0.4, -0.2) is 29.6 Å².